The van der Waals surface area contributed by atoms with E-state index in [0.717, 1.165) is 5.56 Å². The number of hydrogen-bond acceptors (Lipinski definition) is 4. The molecule has 1 fully saturated rings. The Morgan fingerprint density at radius 1 is 1.20 bits per heavy atom. The van der Waals surface area contributed by atoms with E-state index in [1.165, 1.54) is 4.90 Å². The predicted octanol–water partition coefficient (Wildman–Crippen LogP) is 0.539. The van der Waals surface area contributed by atoms with Gasteiger partial charge in [-0.15, -0.1) is 12.4 Å². The molecule has 1 aliphatic heterocycles. The molecule has 2 N–H and O–H groups in total. The zero-order valence-electron chi connectivity index (χ0n) is 11.3. The number of halogens is 1. The quantitative estimate of drug-likeness (QED) is 0.863. The summed E-state index contributed by atoms with van der Waals surface area (Å²) in [4.78, 5) is 14.0. The van der Waals surface area contributed by atoms with E-state index in [9.17, 15) is 13.2 Å². The van der Waals surface area contributed by atoms with Gasteiger partial charge < -0.3 is 10.6 Å². The minimum atomic E-state index is -2.99. The van der Waals surface area contributed by atoms with Crippen molar-refractivity contribution in [2.75, 3.05) is 24.6 Å². The number of rotatable bonds is 2. The van der Waals surface area contributed by atoms with E-state index in [4.69, 9.17) is 5.73 Å². The van der Waals surface area contributed by atoms with Crippen LogP contribution in [0.5, 0.6) is 0 Å². The number of nitrogens with zero attached hydrogens (tertiary/aromatic N) is 1. The minimum Gasteiger partial charge on any atom is -0.339 e. The van der Waals surface area contributed by atoms with Crippen LogP contribution in [0.3, 0.4) is 0 Å². The molecule has 1 amide bonds. The Hall–Kier alpha value is -1.11. The molecule has 2 rings (SSSR count). The van der Waals surface area contributed by atoms with Gasteiger partial charge in [-0.3, -0.25) is 4.79 Å². The number of hydrogen-bond donors (Lipinski definition) is 1. The van der Waals surface area contributed by atoms with Crippen molar-refractivity contribution >= 4 is 28.2 Å². The minimum absolute atomic E-state index is 0. The molecule has 1 aliphatic rings. The fourth-order valence-electron chi connectivity index (χ4n) is 2.15. The lowest BCUT2D eigenvalue weighted by atomic mass is 9.91. The third kappa shape index (κ3) is 3.50. The number of benzene rings is 1. The Morgan fingerprint density at radius 3 is 2.20 bits per heavy atom. The molecule has 1 unspecified atom stereocenters. The second-order valence-corrected chi connectivity index (χ2v) is 7.32. The summed E-state index contributed by atoms with van der Waals surface area (Å²) in [5, 5.41) is 0. The van der Waals surface area contributed by atoms with Crippen LogP contribution < -0.4 is 5.73 Å². The first-order valence-corrected chi connectivity index (χ1v) is 7.99. The van der Waals surface area contributed by atoms with Crippen molar-refractivity contribution in [2.45, 2.75) is 12.5 Å². The van der Waals surface area contributed by atoms with Crippen LogP contribution in [0.2, 0.25) is 0 Å². The van der Waals surface area contributed by atoms with E-state index in [2.05, 4.69) is 0 Å². The fraction of sp³-hybridized carbons (Fsp3) is 0.462. The molecule has 1 heterocycles. The molecule has 5 nitrogen and oxygen atoms in total. The highest BCUT2D eigenvalue weighted by molar-refractivity contribution is 7.91. The second kappa shape index (κ2) is 6.11. The summed E-state index contributed by atoms with van der Waals surface area (Å²) in [7, 11) is -2.99. The number of nitrogens with two attached hydrogens (primary N) is 1. The van der Waals surface area contributed by atoms with Crippen LogP contribution in [-0.2, 0) is 20.2 Å². The van der Waals surface area contributed by atoms with Gasteiger partial charge >= 0.3 is 0 Å². The van der Waals surface area contributed by atoms with E-state index in [-0.39, 0.29) is 42.9 Å². The Bertz CT molecular complexity index is 559. The molecular weight excluding hydrogens is 300 g/mol. The van der Waals surface area contributed by atoms with Crippen LogP contribution in [0.1, 0.15) is 12.5 Å². The lowest BCUT2D eigenvalue weighted by Crippen LogP contribution is -2.54. The van der Waals surface area contributed by atoms with Crippen LogP contribution in [0.15, 0.2) is 30.3 Å². The number of carbonyl (C=O) groups excluding carboxylic acids is 1. The fourth-order valence-corrected chi connectivity index (χ4v) is 3.35. The van der Waals surface area contributed by atoms with Crippen LogP contribution in [0.25, 0.3) is 0 Å². The summed E-state index contributed by atoms with van der Waals surface area (Å²) in [6, 6.07) is 9.12. The summed E-state index contributed by atoms with van der Waals surface area (Å²) in [6.45, 7) is 2.11. The van der Waals surface area contributed by atoms with Gasteiger partial charge in [-0.25, -0.2) is 8.42 Å². The van der Waals surface area contributed by atoms with Crippen molar-refractivity contribution in [3.8, 4) is 0 Å². The maximum Gasteiger partial charge on any atom is 0.247 e. The summed E-state index contributed by atoms with van der Waals surface area (Å²) >= 11 is 0. The van der Waals surface area contributed by atoms with Gasteiger partial charge in [-0.05, 0) is 12.5 Å². The summed E-state index contributed by atoms with van der Waals surface area (Å²) in [6.07, 6.45) is 0. The molecule has 0 aliphatic carbocycles. The average Bonchev–Trinajstić information content (AvgIpc) is 2.39. The molecule has 0 bridgehead atoms. The molecule has 0 spiro atoms. The van der Waals surface area contributed by atoms with Crippen molar-refractivity contribution in [3.63, 3.8) is 0 Å². The zero-order valence-corrected chi connectivity index (χ0v) is 12.9. The molecular formula is C13H19ClN2O3S. The standard InChI is InChI=1S/C13H18N2O3S.ClH/c1-13(14,11-5-3-2-4-6-11)12(16)15-7-9-19(17,18)10-8-15;/h2-6H,7-10,14H2,1H3;1H. The molecule has 1 saturated heterocycles. The maximum atomic E-state index is 12.4. The normalized spacial score (nSPS) is 20.6. The van der Waals surface area contributed by atoms with Gasteiger partial charge in [0.2, 0.25) is 5.91 Å². The SMILES string of the molecule is CC(N)(C(=O)N1CCS(=O)(=O)CC1)c1ccccc1.Cl. The van der Waals surface area contributed by atoms with E-state index in [1.54, 1.807) is 19.1 Å². The highest BCUT2D eigenvalue weighted by atomic mass is 35.5. The van der Waals surface area contributed by atoms with Crippen molar-refractivity contribution < 1.29 is 13.2 Å². The van der Waals surface area contributed by atoms with Crippen molar-refractivity contribution in [2.24, 2.45) is 5.73 Å². The molecule has 20 heavy (non-hydrogen) atoms. The largest absolute Gasteiger partial charge is 0.339 e. The first-order chi connectivity index (χ1) is 8.83. The topological polar surface area (TPSA) is 80.5 Å². The van der Waals surface area contributed by atoms with Gasteiger partial charge in [-0.1, -0.05) is 30.3 Å². The highest BCUT2D eigenvalue weighted by Gasteiger charge is 2.36. The molecule has 0 saturated carbocycles. The number of carbonyl (C=O) groups is 1. The Balaban J connectivity index is 0.00000200. The van der Waals surface area contributed by atoms with Gasteiger partial charge in [0.25, 0.3) is 0 Å². The van der Waals surface area contributed by atoms with Gasteiger partial charge in [0.05, 0.1) is 11.5 Å². The van der Waals surface area contributed by atoms with Crippen molar-refractivity contribution in [3.05, 3.63) is 35.9 Å². The van der Waals surface area contributed by atoms with Crippen molar-refractivity contribution in [1.29, 1.82) is 0 Å². The van der Waals surface area contributed by atoms with Crippen LogP contribution in [0, 0.1) is 0 Å². The second-order valence-electron chi connectivity index (χ2n) is 5.01. The number of sulfone groups is 1. The van der Waals surface area contributed by atoms with E-state index in [1.807, 2.05) is 18.2 Å². The zero-order chi connectivity index (χ0) is 14.1. The molecule has 112 valence electrons. The van der Waals surface area contributed by atoms with Gasteiger partial charge in [0, 0.05) is 13.1 Å². The van der Waals surface area contributed by atoms with Crippen molar-refractivity contribution in [1.82, 2.24) is 4.90 Å². The molecule has 1 atom stereocenters. The first-order valence-electron chi connectivity index (χ1n) is 6.17. The van der Waals surface area contributed by atoms with Crippen LogP contribution in [0.4, 0.5) is 0 Å². The smallest absolute Gasteiger partial charge is 0.247 e. The highest BCUT2D eigenvalue weighted by Crippen LogP contribution is 2.21. The summed E-state index contributed by atoms with van der Waals surface area (Å²) in [5.74, 6) is -0.193. The molecule has 1 aromatic carbocycles. The lowest BCUT2D eigenvalue weighted by Gasteiger charge is -2.34. The monoisotopic (exact) mass is 318 g/mol. The van der Waals surface area contributed by atoms with E-state index >= 15 is 0 Å². The summed E-state index contributed by atoms with van der Waals surface area (Å²) in [5.41, 5.74) is 5.75. The molecule has 1 aromatic rings. The average molecular weight is 319 g/mol. The van der Waals surface area contributed by atoms with Gasteiger partial charge in [0.1, 0.15) is 5.54 Å². The molecule has 7 heteroatoms. The Kier molecular flexibility index (Phi) is 5.18. The predicted molar refractivity (Wildman–Crippen MR) is 80.5 cm³/mol. The van der Waals surface area contributed by atoms with E-state index < -0.39 is 15.4 Å². The van der Waals surface area contributed by atoms with Crippen LogP contribution in [-0.4, -0.2) is 43.8 Å². The number of amides is 1. The van der Waals surface area contributed by atoms with Crippen LogP contribution >= 0.6 is 12.4 Å². The third-order valence-electron chi connectivity index (χ3n) is 3.45. The Morgan fingerprint density at radius 2 is 1.70 bits per heavy atom. The van der Waals surface area contributed by atoms with Gasteiger partial charge in [-0.2, -0.15) is 0 Å². The molecule has 0 aromatic heterocycles. The Labute approximate surface area is 125 Å². The van der Waals surface area contributed by atoms with Gasteiger partial charge in [0.15, 0.2) is 9.84 Å². The third-order valence-corrected chi connectivity index (χ3v) is 5.06. The summed E-state index contributed by atoms with van der Waals surface area (Å²) < 4.78 is 22.7. The maximum absolute atomic E-state index is 12.4. The first kappa shape index (κ1) is 16.9. The molecule has 0 radical (unpaired) electrons. The van der Waals surface area contributed by atoms with E-state index in [0.29, 0.717) is 0 Å². The lowest BCUT2D eigenvalue weighted by molar-refractivity contribution is -0.136.